The van der Waals surface area contributed by atoms with Gasteiger partial charge < -0.3 is 5.32 Å². The van der Waals surface area contributed by atoms with Gasteiger partial charge >= 0.3 is 0 Å². The van der Waals surface area contributed by atoms with Crippen LogP contribution in [0.1, 0.15) is 6.92 Å². The van der Waals surface area contributed by atoms with Crippen LogP contribution < -0.4 is 5.32 Å². The van der Waals surface area contributed by atoms with Crippen LogP contribution in [0, 0.1) is 0 Å². The predicted molar refractivity (Wildman–Crippen MR) is 75.8 cm³/mol. The molecular formula is C13H12ClN5. The van der Waals surface area contributed by atoms with Gasteiger partial charge in [0.05, 0.1) is 5.52 Å². The van der Waals surface area contributed by atoms with Crippen molar-refractivity contribution in [1.29, 1.82) is 0 Å². The van der Waals surface area contributed by atoms with E-state index in [1.807, 2.05) is 31.2 Å². The highest BCUT2D eigenvalue weighted by Crippen LogP contribution is 2.24. The van der Waals surface area contributed by atoms with Crippen molar-refractivity contribution in [2.45, 2.75) is 6.92 Å². The number of halogens is 1. The minimum absolute atomic E-state index is 0.210. The number of nitrogens with zero attached hydrogens (tertiary/aromatic N) is 4. The third-order valence-electron chi connectivity index (χ3n) is 2.76. The van der Waals surface area contributed by atoms with E-state index in [1.54, 1.807) is 16.9 Å². The van der Waals surface area contributed by atoms with Crippen molar-refractivity contribution in [3.05, 3.63) is 41.8 Å². The summed E-state index contributed by atoms with van der Waals surface area (Å²) in [7, 11) is 0. The molecule has 2 heterocycles. The monoisotopic (exact) mass is 273 g/mol. The van der Waals surface area contributed by atoms with Crippen LogP contribution >= 0.6 is 11.6 Å². The third kappa shape index (κ3) is 2.13. The minimum atomic E-state index is 0.210. The fourth-order valence-corrected chi connectivity index (χ4v) is 2.13. The van der Waals surface area contributed by atoms with Gasteiger partial charge in [0.15, 0.2) is 11.6 Å². The van der Waals surface area contributed by atoms with Gasteiger partial charge in [-0.3, -0.25) is 0 Å². The summed E-state index contributed by atoms with van der Waals surface area (Å²) < 4.78 is 1.76. The van der Waals surface area contributed by atoms with Gasteiger partial charge in [-0.1, -0.05) is 12.1 Å². The Morgan fingerprint density at radius 3 is 2.89 bits per heavy atom. The fraction of sp³-hybridized carbons (Fsp3) is 0.154. The maximum absolute atomic E-state index is 5.83. The van der Waals surface area contributed by atoms with Crippen LogP contribution in [0.5, 0.6) is 0 Å². The molecule has 2 aromatic heterocycles. The number of hydrogen-bond acceptors (Lipinski definition) is 4. The van der Waals surface area contributed by atoms with Crippen LogP contribution in [-0.2, 0) is 0 Å². The van der Waals surface area contributed by atoms with Gasteiger partial charge in [0.25, 0.3) is 0 Å². The Balaban J connectivity index is 2.23. The van der Waals surface area contributed by atoms with Crippen LogP contribution in [0.3, 0.4) is 0 Å². The van der Waals surface area contributed by atoms with E-state index in [0.717, 1.165) is 23.3 Å². The van der Waals surface area contributed by atoms with Gasteiger partial charge in [-0.15, -0.1) is 5.10 Å². The molecular weight excluding hydrogens is 262 g/mol. The molecule has 0 radical (unpaired) electrons. The van der Waals surface area contributed by atoms with E-state index in [2.05, 4.69) is 20.4 Å². The zero-order chi connectivity index (χ0) is 13.2. The van der Waals surface area contributed by atoms with E-state index in [0.29, 0.717) is 5.82 Å². The van der Waals surface area contributed by atoms with Crippen LogP contribution in [0.25, 0.3) is 16.7 Å². The zero-order valence-corrected chi connectivity index (χ0v) is 11.1. The molecule has 3 aromatic rings. The van der Waals surface area contributed by atoms with E-state index in [1.165, 1.54) is 0 Å². The number of nitrogens with one attached hydrogen (secondary N) is 1. The van der Waals surface area contributed by atoms with Crippen LogP contribution in [0.2, 0.25) is 5.28 Å². The van der Waals surface area contributed by atoms with Crippen LogP contribution in [0.4, 0.5) is 5.82 Å². The maximum Gasteiger partial charge on any atom is 0.224 e. The van der Waals surface area contributed by atoms with Crippen molar-refractivity contribution in [2.24, 2.45) is 0 Å². The number of para-hydroxylation sites is 1. The van der Waals surface area contributed by atoms with Crippen molar-refractivity contribution in [3.63, 3.8) is 0 Å². The van der Waals surface area contributed by atoms with Gasteiger partial charge in [-0.05, 0) is 30.7 Å². The quantitative estimate of drug-likeness (QED) is 0.746. The molecule has 0 spiro atoms. The lowest BCUT2D eigenvalue weighted by molar-refractivity contribution is 0.865. The molecule has 5 nitrogen and oxygen atoms in total. The minimum Gasteiger partial charge on any atom is -0.368 e. The Bertz CT molecular complexity index is 722. The van der Waals surface area contributed by atoms with Crippen molar-refractivity contribution in [1.82, 2.24) is 19.7 Å². The molecule has 0 fully saturated rings. The van der Waals surface area contributed by atoms with E-state index in [-0.39, 0.29) is 5.28 Å². The molecule has 1 aromatic carbocycles. The highest BCUT2D eigenvalue weighted by atomic mass is 35.5. The summed E-state index contributed by atoms with van der Waals surface area (Å²) in [6.07, 6.45) is 1.62. The maximum atomic E-state index is 5.83. The average molecular weight is 274 g/mol. The molecule has 0 aliphatic rings. The Kier molecular flexibility index (Phi) is 3.05. The first-order valence-corrected chi connectivity index (χ1v) is 6.38. The molecule has 0 amide bonds. The number of aromatic nitrogens is 4. The van der Waals surface area contributed by atoms with Gasteiger partial charge in [-0.25, -0.2) is 9.67 Å². The Labute approximate surface area is 115 Å². The number of anilines is 1. The first kappa shape index (κ1) is 11.9. The first-order valence-electron chi connectivity index (χ1n) is 6.00. The smallest absolute Gasteiger partial charge is 0.224 e. The molecule has 6 heteroatoms. The molecule has 1 N–H and O–H groups in total. The summed E-state index contributed by atoms with van der Waals surface area (Å²) in [4.78, 5) is 8.08. The van der Waals surface area contributed by atoms with Crippen LogP contribution in [-0.4, -0.2) is 26.3 Å². The summed E-state index contributed by atoms with van der Waals surface area (Å²) in [5.41, 5.74) is 0.980. The second-order valence-electron chi connectivity index (χ2n) is 3.99. The van der Waals surface area contributed by atoms with Gasteiger partial charge in [0, 0.05) is 24.2 Å². The summed E-state index contributed by atoms with van der Waals surface area (Å²) >= 11 is 5.83. The topological polar surface area (TPSA) is 55.6 Å². The lowest BCUT2D eigenvalue weighted by Crippen LogP contribution is -2.02. The number of fused-ring (bicyclic) bond motifs is 1. The molecule has 3 rings (SSSR count). The van der Waals surface area contributed by atoms with E-state index in [4.69, 9.17) is 11.6 Å². The normalized spacial score (nSPS) is 10.8. The second-order valence-corrected chi connectivity index (χ2v) is 4.33. The highest BCUT2D eigenvalue weighted by molar-refractivity contribution is 6.28. The molecule has 0 aliphatic heterocycles. The summed E-state index contributed by atoms with van der Waals surface area (Å²) in [5.74, 6) is 1.49. The molecule has 0 aliphatic carbocycles. The SMILES string of the molecule is CCNc1nn(-c2ccnc(Cl)n2)c2ccccc12. The molecule has 0 atom stereocenters. The van der Waals surface area contributed by atoms with Crippen molar-refractivity contribution >= 4 is 28.3 Å². The van der Waals surface area contributed by atoms with E-state index >= 15 is 0 Å². The molecule has 0 saturated heterocycles. The Morgan fingerprint density at radius 1 is 1.26 bits per heavy atom. The first-order chi connectivity index (χ1) is 9.29. The predicted octanol–water partition coefficient (Wildman–Crippen LogP) is 2.90. The largest absolute Gasteiger partial charge is 0.368 e. The molecule has 96 valence electrons. The fourth-order valence-electron chi connectivity index (χ4n) is 1.98. The Hall–Kier alpha value is -2.14. The number of benzene rings is 1. The molecule has 19 heavy (non-hydrogen) atoms. The van der Waals surface area contributed by atoms with Crippen LogP contribution in [0.15, 0.2) is 36.5 Å². The molecule has 0 unspecified atom stereocenters. The zero-order valence-electron chi connectivity index (χ0n) is 10.3. The van der Waals surface area contributed by atoms with E-state index in [9.17, 15) is 0 Å². The van der Waals surface area contributed by atoms with Gasteiger partial charge in [-0.2, -0.15) is 4.98 Å². The number of rotatable bonds is 3. The highest BCUT2D eigenvalue weighted by Gasteiger charge is 2.11. The van der Waals surface area contributed by atoms with Gasteiger partial charge in [0.2, 0.25) is 5.28 Å². The third-order valence-corrected chi connectivity index (χ3v) is 2.94. The summed E-state index contributed by atoms with van der Waals surface area (Å²) in [6, 6.07) is 9.76. The van der Waals surface area contributed by atoms with Crippen molar-refractivity contribution in [2.75, 3.05) is 11.9 Å². The summed E-state index contributed by atoms with van der Waals surface area (Å²) in [6.45, 7) is 2.85. The second kappa shape index (κ2) is 4.85. The number of hydrogen-bond donors (Lipinski definition) is 1. The van der Waals surface area contributed by atoms with Gasteiger partial charge in [0.1, 0.15) is 0 Å². The lowest BCUT2D eigenvalue weighted by Gasteiger charge is -2.01. The van der Waals surface area contributed by atoms with E-state index < -0.39 is 0 Å². The molecule has 0 bridgehead atoms. The standard InChI is InChI=1S/C13H12ClN5/c1-2-15-12-9-5-3-4-6-10(9)19(18-12)11-7-8-16-13(14)17-11/h3-8H,2H2,1H3,(H,15,18). The Morgan fingerprint density at radius 2 is 2.11 bits per heavy atom. The lowest BCUT2D eigenvalue weighted by atomic mass is 10.2. The van der Waals surface area contributed by atoms with Crippen molar-refractivity contribution < 1.29 is 0 Å². The average Bonchev–Trinajstić information content (AvgIpc) is 2.79. The summed E-state index contributed by atoms with van der Waals surface area (Å²) in [5, 5.41) is 9.06. The van der Waals surface area contributed by atoms with Crippen molar-refractivity contribution in [3.8, 4) is 5.82 Å². The molecule has 0 saturated carbocycles.